The van der Waals surface area contributed by atoms with Crippen LogP contribution >= 0.6 is 0 Å². The predicted molar refractivity (Wildman–Crippen MR) is 158 cm³/mol. The van der Waals surface area contributed by atoms with Crippen LogP contribution in [-0.2, 0) is 33.5 Å². The lowest BCUT2D eigenvalue weighted by atomic mass is 10.0. The minimum Gasteiger partial charge on any atom is -0.493 e. The minimum absolute atomic E-state index is 0.172. The molecule has 218 valence electrons. The largest absolute Gasteiger partial charge is 0.493 e. The lowest BCUT2D eigenvalue weighted by Crippen LogP contribution is -2.47. The molecule has 3 aromatic carbocycles. The van der Waals surface area contributed by atoms with Gasteiger partial charge in [0.05, 0.1) is 18.3 Å². The zero-order valence-electron chi connectivity index (χ0n) is 24.2. The zero-order chi connectivity index (χ0) is 29.5. The number of carbonyl (C=O) groups is 2. The average Bonchev–Trinajstić information content (AvgIpc) is 3.56. The molecule has 0 aliphatic carbocycles. The summed E-state index contributed by atoms with van der Waals surface area (Å²) in [6, 6.07) is 25.1. The molecule has 0 unspecified atom stereocenters. The maximum absolute atomic E-state index is 13.6. The predicted octanol–water partition coefficient (Wildman–Crippen LogP) is 6.12. The molecule has 5 rings (SSSR count). The van der Waals surface area contributed by atoms with E-state index in [1.54, 1.807) is 0 Å². The SMILES string of the molecule is CCO[C@@H](Cc1ccc(OCCc2nc(-c3ccccc3)oc2C)c(C)c1)C(=O)N1C(=O)OC[C@@H]1Cc1ccccc1. The van der Waals surface area contributed by atoms with Gasteiger partial charge in [0, 0.05) is 25.0 Å². The Bertz CT molecular complexity index is 1500. The Hall–Kier alpha value is -4.43. The topological polar surface area (TPSA) is 91.1 Å². The number of carbonyl (C=O) groups excluding carboxylic acids is 2. The van der Waals surface area contributed by atoms with Crippen molar-refractivity contribution >= 4 is 12.0 Å². The van der Waals surface area contributed by atoms with Crippen molar-refractivity contribution in [1.82, 2.24) is 9.88 Å². The van der Waals surface area contributed by atoms with E-state index in [2.05, 4.69) is 4.98 Å². The highest BCUT2D eigenvalue weighted by Gasteiger charge is 2.41. The Morgan fingerprint density at radius 3 is 2.48 bits per heavy atom. The maximum atomic E-state index is 13.6. The number of rotatable bonds is 12. The fourth-order valence-electron chi connectivity index (χ4n) is 5.18. The number of nitrogens with zero attached hydrogens (tertiary/aromatic N) is 2. The number of hydrogen-bond acceptors (Lipinski definition) is 7. The van der Waals surface area contributed by atoms with E-state index >= 15 is 0 Å². The first-order valence-electron chi connectivity index (χ1n) is 14.3. The van der Waals surface area contributed by atoms with Crippen molar-refractivity contribution in [2.75, 3.05) is 19.8 Å². The second-order valence-corrected chi connectivity index (χ2v) is 10.4. The summed E-state index contributed by atoms with van der Waals surface area (Å²) in [6.07, 6.45) is 0.0444. The van der Waals surface area contributed by atoms with E-state index in [4.69, 9.17) is 18.6 Å². The molecule has 2 amide bonds. The number of benzene rings is 3. The maximum Gasteiger partial charge on any atom is 0.417 e. The monoisotopic (exact) mass is 568 g/mol. The van der Waals surface area contributed by atoms with E-state index in [1.165, 1.54) is 4.90 Å². The number of aromatic nitrogens is 1. The number of cyclic esters (lactones) is 1. The first kappa shape index (κ1) is 29.1. The van der Waals surface area contributed by atoms with E-state index in [-0.39, 0.29) is 18.6 Å². The molecule has 0 saturated carbocycles. The van der Waals surface area contributed by atoms with Crippen LogP contribution in [0.3, 0.4) is 0 Å². The van der Waals surface area contributed by atoms with E-state index in [9.17, 15) is 9.59 Å². The van der Waals surface area contributed by atoms with Gasteiger partial charge in [-0.25, -0.2) is 14.7 Å². The highest BCUT2D eigenvalue weighted by atomic mass is 16.6. The van der Waals surface area contributed by atoms with Crippen LogP contribution < -0.4 is 4.74 Å². The molecule has 1 aliphatic heterocycles. The molecule has 0 spiro atoms. The van der Waals surface area contributed by atoms with Gasteiger partial charge in [-0.1, -0.05) is 60.7 Å². The van der Waals surface area contributed by atoms with Crippen molar-refractivity contribution in [1.29, 1.82) is 0 Å². The molecule has 0 bridgehead atoms. The molecule has 8 nitrogen and oxygen atoms in total. The highest BCUT2D eigenvalue weighted by molar-refractivity contribution is 5.96. The van der Waals surface area contributed by atoms with Gasteiger partial charge in [0.25, 0.3) is 5.91 Å². The molecule has 1 aromatic heterocycles. The van der Waals surface area contributed by atoms with Crippen LogP contribution in [0.25, 0.3) is 11.5 Å². The van der Waals surface area contributed by atoms with Crippen molar-refractivity contribution in [3.05, 3.63) is 107 Å². The highest BCUT2D eigenvalue weighted by Crippen LogP contribution is 2.25. The van der Waals surface area contributed by atoms with Crippen molar-refractivity contribution in [3.63, 3.8) is 0 Å². The fourth-order valence-corrected chi connectivity index (χ4v) is 5.18. The van der Waals surface area contributed by atoms with Crippen LogP contribution in [0.1, 0.15) is 35.1 Å². The molecule has 2 atom stereocenters. The molecule has 4 aromatic rings. The van der Waals surface area contributed by atoms with E-state index in [1.807, 2.05) is 99.6 Å². The van der Waals surface area contributed by atoms with Crippen molar-refractivity contribution in [2.45, 2.75) is 52.2 Å². The summed E-state index contributed by atoms with van der Waals surface area (Å²) in [6.45, 7) is 6.68. The first-order chi connectivity index (χ1) is 20.4. The third kappa shape index (κ3) is 6.89. The van der Waals surface area contributed by atoms with Crippen molar-refractivity contribution < 1.29 is 28.2 Å². The molecule has 0 radical (unpaired) electrons. The molecule has 1 saturated heterocycles. The lowest BCUT2D eigenvalue weighted by molar-refractivity contribution is -0.141. The second kappa shape index (κ2) is 13.5. The van der Waals surface area contributed by atoms with Gasteiger partial charge >= 0.3 is 6.09 Å². The van der Waals surface area contributed by atoms with Gasteiger partial charge in [-0.15, -0.1) is 0 Å². The summed E-state index contributed by atoms with van der Waals surface area (Å²) in [4.78, 5) is 32.0. The molecule has 8 heteroatoms. The van der Waals surface area contributed by atoms with Gasteiger partial charge in [-0.05, 0) is 62.1 Å². The third-order valence-corrected chi connectivity index (χ3v) is 7.33. The van der Waals surface area contributed by atoms with Crippen LogP contribution in [-0.4, -0.2) is 53.9 Å². The standard InChI is InChI=1S/C34H36N2O6/c1-4-39-31(33(37)36-28(22-41-34(36)38)20-25-11-7-5-8-12-25)21-26-15-16-30(23(2)19-26)40-18-17-29-24(3)42-32(35-29)27-13-9-6-10-14-27/h5-16,19,28,31H,4,17-18,20-22H2,1-3H3/t28-,31-/m0/s1. The van der Waals surface area contributed by atoms with Crippen molar-refractivity contribution in [2.24, 2.45) is 0 Å². The number of imide groups is 1. The molecule has 1 aliphatic rings. The second-order valence-electron chi connectivity index (χ2n) is 10.4. The summed E-state index contributed by atoms with van der Waals surface area (Å²) < 4.78 is 23.1. The van der Waals surface area contributed by atoms with Crippen LogP contribution in [0, 0.1) is 13.8 Å². The van der Waals surface area contributed by atoms with Gasteiger partial charge in [0.2, 0.25) is 5.89 Å². The van der Waals surface area contributed by atoms with Crippen LogP contribution in [0.15, 0.2) is 83.3 Å². The average molecular weight is 569 g/mol. The number of aryl methyl sites for hydroxylation is 2. The summed E-state index contributed by atoms with van der Waals surface area (Å²) in [5.41, 5.74) is 4.70. The van der Waals surface area contributed by atoms with E-state index in [0.717, 1.165) is 39.5 Å². The number of hydrogen-bond donors (Lipinski definition) is 0. The molecular weight excluding hydrogens is 532 g/mol. The van der Waals surface area contributed by atoms with Crippen LogP contribution in [0.4, 0.5) is 4.79 Å². The lowest BCUT2D eigenvalue weighted by Gasteiger charge is -2.25. The number of amides is 2. The molecule has 1 fully saturated rings. The molecule has 42 heavy (non-hydrogen) atoms. The summed E-state index contributed by atoms with van der Waals surface area (Å²) in [7, 11) is 0. The van der Waals surface area contributed by atoms with Gasteiger partial charge in [0.15, 0.2) is 0 Å². The van der Waals surface area contributed by atoms with Gasteiger partial charge in [-0.3, -0.25) is 4.79 Å². The number of ether oxygens (including phenoxy) is 3. The summed E-state index contributed by atoms with van der Waals surface area (Å²) in [5, 5.41) is 0. The molecule has 2 heterocycles. The Morgan fingerprint density at radius 2 is 1.76 bits per heavy atom. The third-order valence-electron chi connectivity index (χ3n) is 7.33. The van der Waals surface area contributed by atoms with Crippen LogP contribution in [0.5, 0.6) is 5.75 Å². The Balaban J connectivity index is 1.20. The van der Waals surface area contributed by atoms with E-state index in [0.29, 0.717) is 38.4 Å². The van der Waals surface area contributed by atoms with E-state index < -0.39 is 12.2 Å². The quantitative estimate of drug-likeness (QED) is 0.203. The van der Waals surface area contributed by atoms with Crippen molar-refractivity contribution in [3.8, 4) is 17.2 Å². The summed E-state index contributed by atoms with van der Waals surface area (Å²) in [5.74, 6) is 1.77. The zero-order valence-corrected chi connectivity index (χ0v) is 24.2. The van der Waals surface area contributed by atoms with Crippen LogP contribution in [0.2, 0.25) is 0 Å². The smallest absolute Gasteiger partial charge is 0.417 e. The van der Waals surface area contributed by atoms with Gasteiger partial charge < -0.3 is 18.6 Å². The molecule has 0 N–H and O–H groups in total. The Morgan fingerprint density at radius 1 is 1.02 bits per heavy atom. The fraction of sp³-hybridized carbons (Fsp3) is 0.324. The number of oxazole rings is 1. The molecular formula is C34H36N2O6. The normalized spacial score (nSPS) is 15.5. The van der Waals surface area contributed by atoms with Gasteiger partial charge in [-0.2, -0.15) is 0 Å². The Labute approximate surface area is 246 Å². The summed E-state index contributed by atoms with van der Waals surface area (Å²) >= 11 is 0. The van der Waals surface area contributed by atoms with Gasteiger partial charge in [0.1, 0.15) is 24.2 Å². The minimum atomic E-state index is -0.806. The Kier molecular flexibility index (Phi) is 9.34. The first-order valence-corrected chi connectivity index (χ1v) is 14.3.